The van der Waals surface area contributed by atoms with Crippen LogP contribution in [0.4, 0.5) is 5.82 Å². The highest BCUT2D eigenvalue weighted by Gasteiger charge is 2.31. The normalized spacial score (nSPS) is 20.7. The van der Waals surface area contributed by atoms with Crippen LogP contribution in [0, 0.1) is 6.92 Å². The molecule has 4 nitrogen and oxygen atoms in total. The number of phenolic OH excluding ortho intramolecular Hbond substituents is 1. The largest absolute Gasteiger partial charge is 0.508 e. The predicted octanol–water partition coefficient (Wildman–Crippen LogP) is 4.03. The first-order valence-electron chi connectivity index (χ1n) is 8.39. The van der Waals surface area contributed by atoms with Gasteiger partial charge in [0.2, 0.25) is 0 Å². The van der Waals surface area contributed by atoms with Gasteiger partial charge in [0.15, 0.2) is 0 Å². The molecule has 2 atom stereocenters. The minimum atomic E-state index is 0.250. The minimum Gasteiger partial charge on any atom is -0.508 e. The summed E-state index contributed by atoms with van der Waals surface area (Å²) in [6, 6.07) is 14.5. The maximum atomic E-state index is 9.85. The second-order valence-electron chi connectivity index (χ2n) is 6.74. The van der Waals surface area contributed by atoms with Crippen molar-refractivity contribution in [3.05, 3.63) is 59.9 Å². The lowest BCUT2D eigenvalue weighted by Gasteiger charge is -2.23. The number of benzene rings is 2. The van der Waals surface area contributed by atoms with E-state index < -0.39 is 0 Å². The summed E-state index contributed by atoms with van der Waals surface area (Å²) in [4.78, 5) is 11.2. The molecule has 0 bridgehead atoms. The predicted molar refractivity (Wildman–Crippen MR) is 96.5 cm³/mol. The van der Waals surface area contributed by atoms with E-state index in [1.807, 2.05) is 6.07 Å². The van der Waals surface area contributed by atoms with E-state index in [1.54, 1.807) is 18.5 Å². The third-order valence-corrected chi connectivity index (χ3v) is 4.99. The Morgan fingerprint density at radius 3 is 2.67 bits per heavy atom. The summed E-state index contributed by atoms with van der Waals surface area (Å²) >= 11 is 0. The van der Waals surface area contributed by atoms with Crippen molar-refractivity contribution in [2.24, 2.45) is 0 Å². The highest BCUT2D eigenvalue weighted by atomic mass is 16.3. The van der Waals surface area contributed by atoms with Crippen molar-refractivity contribution in [1.29, 1.82) is 0 Å². The Balaban J connectivity index is 1.70. The molecule has 122 valence electrons. The van der Waals surface area contributed by atoms with Gasteiger partial charge in [0, 0.05) is 23.9 Å². The maximum Gasteiger partial charge on any atom is 0.140 e. The van der Waals surface area contributed by atoms with Gasteiger partial charge in [-0.2, -0.15) is 0 Å². The molecular weight excluding hydrogens is 298 g/mol. The molecule has 1 N–H and O–H groups in total. The molecule has 0 aliphatic carbocycles. The molecule has 2 heterocycles. The SMILES string of the molecule is Cc1ccc(C2CC(C)N(c3ncnc4ccc(O)cc34)C2)cc1. The molecule has 1 aliphatic rings. The standard InChI is InChI=1S/C20H21N3O/c1-13-3-5-15(6-4-13)16-9-14(2)23(11-16)20-18-10-17(24)7-8-19(18)21-12-22-20/h3-8,10,12,14,16,24H,9,11H2,1-2H3. The molecule has 0 amide bonds. The van der Waals surface area contributed by atoms with Crippen LogP contribution in [0.3, 0.4) is 0 Å². The third kappa shape index (κ3) is 2.58. The van der Waals surface area contributed by atoms with Crippen LogP contribution in [0.25, 0.3) is 10.9 Å². The summed E-state index contributed by atoms with van der Waals surface area (Å²) in [5.41, 5.74) is 3.54. The molecule has 0 radical (unpaired) electrons. The van der Waals surface area contributed by atoms with E-state index in [2.05, 4.69) is 53.0 Å². The van der Waals surface area contributed by atoms with Crippen molar-refractivity contribution >= 4 is 16.7 Å². The number of aromatic hydroxyl groups is 1. The third-order valence-electron chi connectivity index (χ3n) is 4.99. The monoisotopic (exact) mass is 319 g/mol. The summed E-state index contributed by atoms with van der Waals surface area (Å²) in [6.07, 6.45) is 2.72. The fraction of sp³-hybridized carbons (Fsp3) is 0.300. The topological polar surface area (TPSA) is 49.2 Å². The van der Waals surface area contributed by atoms with Crippen LogP contribution in [-0.2, 0) is 0 Å². The number of fused-ring (bicyclic) bond motifs is 1. The van der Waals surface area contributed by atoms with Gasteiger partial charge in [-0.1, -0.05) is 29.8 Å². The van der Waals surface area contributed by atoms with Crippen LogP contribution in [0.1, 0.15) is 30.4 Å². The average Bonchev–Trinajstić information content (AvgIpc) is 2.96. The van der Waals surface area contributed by atoms with Gasteiger partial charge in [0.05, 0.1) is 5.52 Å². The van der Waals surface area contributed by atoms with Crippen LogP contribution >= 0.6 is 0 Å². The lowest BCUT2D eigenvalue weighted by Crippen LogP contribution is -2.27. The van der Waals surface area contributed by atoms with Crippen LogP contribution in [-0.4, -0.2) is 27.7 Å². The van der Waals surface area contributed by atoms with E-state index in [4.69, 9.17) is 0 Å². The fourth-order valence-electron chi connectivity index (χ4n) is 3.67. The number of hydrogen-bond acceptors (Lipinski definition) is 4. The first-order valence-corrected chi connectivity index (χ1v) is 8.39. The van der Waals surface area contributed by atoms with E-state index in [0.29, 0.717) is 12.0 Å². The molecular formula is C20H21N3O. The molecule has 0 saturated carbocycles. The fourth-order valence-corrected chi connectivity index (χ4v) is 3.67. The van der Waals surface area contributed by atoms with E-state index in [9.17, 15) is 5.11 Å². The van der Waals surface area contributed by atoms with Gasteiger partial charge in [-0.05, 0) is 44.0 Å². The second kappa shape index (κ2) is 5.78. The molecule has 0 spiro atoms. The number of rotatable bonds is 2. The molecule has 1 aromatic heterocycles. The summed E-state index contributed by atoms with van der Waals surface area (Å²) in [7, 11) is 0. The quantitative estimate of drug-likeness (QED) is 0.775. The second-order valence-corrected chi connectivity index (χ2v) is 6.74. The van der Waals surface area contributed by atoms with E-state index in [-0.39, 0.29) is 5.75 Å². The molecule has 1 fully saturated rings. The van der Waals surface area contributed by atoms with Gasteiger partial charge >= 0.3 is 0 Å². The zero-order chi connectivity index (χ0) is 16.7. The van der Waals surface area contributed by atoms with E-state index in [1.165, 1.54) is 11.1 Å². The van der Waals surface area contributed by atoms with Crippen LogP contribution < -0.4 is 4.90 Å². The maximum absolute atomic E-state index is 9.85. The molecule has 2 aromatic carbocycles. The summed E-state index contributed by atoms with van der Waals surface area (Å²) in [5.74, 6) is 1.67. The highest BCUT2D eigenvalue weighted by molar-refractivity contribution is 5.90. The number of phenols is 1. The van der Waals surface area contributed by atoms with Crippen molar-refractivity contribution < 1.29 is 5.11 Å². The first-order chi connectivity index (χ1) is 11.6. The smallest absolute Gasteiger partial charge is 0.140 e. The van der Waals surface area contributed by atoms with Crippen molar-refractivity contribution in [3.8, 4) is 5.75 Å². The summed E-state index contributed by atoms with van der Waals surface area (Å²) in [6.45, 7) is 5.30. The van der Waals surface area contributed by atoms with Crippen molar-refractivity contribution in [2.75, 3.05) is 11.4 Å². The Hall–Kier alpha value is -2.62. The van der Waals surface area contributed by atoms with E-state index in [0.717, 1.165) is 29.7 Å². The molecule has 1 aliphatic heterocycles. The Labute approximate surface area is 141 Å². The van der Waals surface area contributed by atoms with Gasteiger partial charge in [0.1, 0.15) is 17.9 Å². The van der Waals surface area contributed by atoms with Crippen molar-refractivity contribution in [1.82, 2.24) is 9.97 Å². The van der Waals surface area contributed by atoms with Crippen molar-refractivity contribution in [2.45, 2.75) is 32.2 Å². The first kappa shape index (κ1) is 14.9. The molecule has 4 rings (SSSR count). The van der Waals surface area contributed by atoms with Crippen molar-refractivity contribution in [3.63, 3.8) is 0 Å². The number of anilines is 1. The zero-order valence-corrected chi connectivity index (χ0v) is 14.0. The Morgan fingerprint density at radius 2 is 1.88 bits per heavy atom. The Bertz CT molecular complexity index is 876. The summed E-state index contributed by atoms with van der Waals surface area (Å²) in [5, 5.41) is 10.8. The number of nitrogens with zero attached hydrogens (tertiary/aromatic N) is 3. The average molecular weight is 319 g/mol. The van der Waals surface area contributed by atoms with Gasteiger partial charge in [-0.25, -0.2) is 9.97 Å². The number of aryl methyl sites for hydroxylation is 1. The molecule has 3 aromatic rings. The molecule has 24 heavy (non-hydrogen) atoms. The molecule has 2 unspecified atom stereocenters. The lowest BCUT2D eigenvalue weighted by atomic mass is 9.96. The van der Waals surface area contributed by atoms with Gasteiger partial charge in [0.25, 0.3) is 0 Å². The minimum absolute atomic E-state index is 0.250. The molecule has 4 heteroatoms. The number of aromatic nitrogens is 2. The summed E-state index contributed by atoms with van der Waals surface area (Å²) < 4.78 is 0. The Morgan fingerprint density at radius 1 is 1.08 bits per heavy atom. The van der Waals surface area contributed by atoms with Gasteiger partial charge < -0.3 is 10.0 Å². The number of hydrogen-bond donors (Lipinski definition) is 1. The highest BCUT2D eigenvalue weighted by Crippen LogP contribution is 2.37. The zero-order valence-electron chi connectivity index (χ0n) is 14.0. The van der Waals surface area contributed by atoms with E-state index >= 15 is 0 Å². The van der Waals surface area contributed by atoms with Gasteiger partial charge in [-0.3, -0.25) is 0 Å². The lowest BCUT2D eigenvalue weighted by molar-refractivity contribution is 0.476. The molecule has 1 saturated heterocycles. The van der Waals surface area contributed by atoms with Crippen LogP contribution in [0.15, 0.2) is 48.8 Å². The Kier molecular flexibility index (Phi) is 3.60. The van der Waals surface area contributed by atoms with Crippen LogP contribution in [0.2, 0.25) is 0 Å². The van der Waals surface area contributed by atoms with Crippen LogP contribution in [0.5, 0.6) is 5.75 Å². The van der Waals surface area contributed by atoms with Gasteiger partial charge in [-0.15, -0.1) is 0 Å².